The maximum Gasteiger partial charge on any atom is 0.273 e. The van der Waals surface area contributed by atoms with Gasteiger partial charge in [-0.25, -0.2) is 0 Å². The van der Waals surface area contributed by atoms with Crippen LogP contribution >= 0.6 is 11.6 Å². The molecule has 166 valence electrons. The van der Waals surface area contributed by atoms with Crippen LogP contribution in [0.3, 0.4) is 0 Å². The number of methoxy groups -OCH3 is 1. The quantitative estimate of drug-likeness (QED) is 0.618. The maximum atomic E-state index is 13.5. The number of ether oxygens (including phenoxy) is 2. The average molecular weight is 453 g/mol. The Morgan fingerprint density at radius 1 is 1.12 bits per heavy atom. The van der Waals surface area contributed by atoms with Crippen molar-refractivity contribution < 1.29 is 14.3 Å². The minimum atomic E-state index is -0.303. The molecule has 2 aliphatic rings. The van der Waals surface area contributed by atoms with Crippen LogP contribution in [-0.4, -0.2) is 72.4 Å². The van der Waals surface area contributed by atoms with Gasteiger partial charge in [-0.2, -0.15) is 5.10 Å². The minimum absolute atomic E-state index is 0.0505. The van der Waals surface area contributed by atoms with E-state index in [0.29, 0.717) is 17.3 Å². The van der Waals surface area contributed by atoms with E-state index in [1.807, 2.05) is 53.4 Å². The Bertz CT molecular complexity index is 1110. The molecule has 7 nitrogen and oxygen atoms in total. The van der Waals surface area contributed by atoms with Crippen molar-refractivity contribution in [1.82, 2.24) is 20.0 Å². The number of carbonyl (C=O) groups excluding carboxylic acids is 1. The van der Waals surface area contributed by atoms with E-state index in [4.69, 9.17) is 21.1 Å². The molecular formula is C24H25ClN4O3. The molecule has 1 N–H and O–H groups in total. The van der Waals surface area contributed by atoms with Crippen molar-refractivity contribution in [3.63, 3.8) is 0 Å². The van der Waals surface area contributed by atoms with Gasteiger partial charge in [0.2, 0.25) is 0 Å². The van der Waals surface area contributed by atoms with Gasteiger partial charge in [-0.15, -0.1) is 0 Å². The molecule has 3 heterocycles. The number of morpholine rings is 1. The summed E-state index contributed by atoms with van der Waals surface area (Å²) in [5, 5.41) is 8.16. The number of nitrogens with one attached hydrogen (secondary N) is 1. The highest BCUT2D eigenvalue weighted by molar-refractivity contribution is 6.31. The molecule has 2 aliphatic heterocycles. The van der Waals surface area contributed by atoms with Crippen LogP contribution in [0.4, 0.5) is 0 Å². The first kappa shape index (κ1) is 21.0. The number of hydrogen-bond donors (Lipinski definition) is 1. The smallest absolute Gasteiger partial charge is 0.273 e. The van der Waals surface area contributed by atoms with Crippen LogP contribution in [0.2, 0.25) is 5.02 Å². The van der Waals surface area contributed by atoms with Crippen molar-refractivity contribution in [2.75, 3.05) is 46.5 Å². The van der Waals surface area contributed by atoms with Crippen molar-refractivity contribution in [3.8, 4) is 17.0 Å². The number of halogens is 1. The molecule has 1 unspecified atom stereocenters. The van der Waals surface area contributed by atoms with Crippen molar-refractivity contribution in [1.29, 1.82) is 0 Å². The summed E-state index contributed by atoms with van der Waals surface area (Å²) >= 11 is 6.63. The molecule has 1 aromatic heterocycles. The summed E-state index contributed by atoms with van der Waals surface area (Å²) < 4.78 is 10.7. The number of benzene rings is 2. The standard InChI is InChI=1S/C24H25ClN4O3/c1-31-17-8-6-16(7-9-17)21-20-22(27-26-21)24(30)29(11-10-28-12-14-32-15-13-28)23(20)18-4-2-3-5-19(18)25/h2-9,23H,10-15H2,1H3,(H,26,27). The highest BCUT2D eigenvalue weighted by Crippen LogP contribution is 2.44. The molecule has 1 atom stereocenters. The normalized spacial score (nSPS) is 18.8. The van der Waals surface area contributed by atoms with Gasteiger partial charge in [-0.3, -0.25) is 14.8 Å². The van der Waals surface area contributed by atoms with Crippen LogP contribution in [0, 0.1) is 0 Å². The molecule has 0 aliphatic carbocycles. The molecule has 3 aromatic rings. The number of aromatic nitrogens is 2. The zero-order valence-corrected chi connectivity index (χ0v) is 18.6. The van der Waals surface area contributed by atoms with Gasteiger partial charge in [-0.1, -0.05) is 29.8 Å². The van der Waals surface area contributed by atoms with E-state index in [-0.39, 0.29) is 11.9 Å². The third-order valence-electron chi connectivity index (χ3n) is 6.19. The Labute approximate surface area is 191 Å². The van der Waals surface area contributed by atoms with Crippen molar-refractivity contribution in [2.24, 2.45) is 0 Å². The Morgan fingerprint density at radius 3 is 2.59 bits per heavy atom. The van der Waals surface area contributed by atoms with Gasteiger partial charge < -0.3 is 14.4 Å². The summed E-state index contributed by atoms with van der Waals surface area (Å²) in [4.78, 5) is 17.7. The second-order valence-corrected chi connectivity index (χ2v) is 8.37. The van der Waals surface area contributed by atoms with Crippen LogP contribution in [-0.2, 0) is 4.74 Å². The number of hydrogen-bond acceptors (Lipinski definition) is 5. The summed E-state index contributed by atoms with van der Waals surface area (Å²) in [7, 11) is 1.64. The Kier molecular flexibility index (Phi) is 5.87. The number of H-pyrrole nitrogens is 1. The molecule has 5 rings (SSSR count). The van der Waals surface area contributed by atoms with E-state index in [2.05, 4.69) is 15.1 Å². The predicted molar refractivity (Wildman–Crippen MR) is 122 cm³/mol. The van der Waals surface area contributed by atoms with Crippen LogP contribution in [0.15, 0.2) is 48.5 Å². The SMILES string of the molecule is COc1ccc(-c2n[nH]c3c2C(c2ccccc2Cl)N(CCN2CCOCC2)C3=O)cc1. The number of nitrogens with zero attached hydrogens (tertiary/aromatic N) is 3. The van der Waals surface area contributed by atoms with Gasteiger partial charge in [-0.05, 0) is 35.9 Å². The molecular weight excluding hydrogens is 428 g/mol. The first-order valence-corrected chi connectivity index (χ1v) is 11.1. The molecule has 0 radical (unpaired) electrons. The molecule has 1 saturated heterocycles. The summed E-state index contributed by atoms with van der Waals surface area (Å²) in [6, 6.07) is 15.1. The molecule has 8 heteroatoms. The van der Waals surface area contributed by atoms with E-state index in [0.717, 1.165) is 61.0 Å². The molecule has 1 fully saturated rings. The zero-order valence-electron chi connectivity index (χ0n) is 17.9. The highest BCUT2D eigenvalue weighted by Gasteiger charge is 2.42. The van der Waals surface area contributed by atoms with Gasteiger partial charge in [0.1, 0.15) is 11.4 Å². The summed E-state index contributed by atoms with van der Waals surface area (Å²) in [5.41, 5.74) is 3.98. The first-order chi connectivity index (χ1) is 15.7. The summed E-state index contributed by atoms with van der Waals surface area (Å²) in [5.74, 6) is 0.720. The van der Waals surface area contributed by atoms with Gasteiger partial charge in [0.15, 0.2) is 0 Å². The number of aromatic amines is 1. The lowest BCUT2D eigenvalue weighted by Crippen LogP contribution is -2.42. The first-order valence-electron chi connectivity index (χ1n) is 10.8. The van der Waals surface area contributed by atoms with Crippen LogP contribution < -0.4 is 4.74 Å². The number of carbonyl (C=O) groups is 1. The molecule has 2 aromatic carbocycles. The third kappa shape index (κ3) is 3.77. The van der Waals surface area contributed by atoms with E-state index in [9.17, 15) is 4.79 Å². The molecule has 0 spiro atoms. The summed E-state index contributed by atoms with van der Waals surface area (Å²) in [6.07, 6.45) is 0. The van der Waals surface area contributed by atoms with Gasteiger partial charge >= 0.3 is 0 Å². The lowest BCUT2D eigenvalue weighted by molar-refractivity contribution is 0.0316. The maximum absolute atomic E-state index is 13.5. The highest BCUT2D eigenvalue weighted by atomic mass is 35.5. The van der Waals surface area contributed by atoms with Gasteiger partial charge in [0, 0.05) is 42.3 Å². The molecule has 32 heavy (non-hydrogen) atoms. The number of rotatable bonds is 6. The third-order valence-corrected chi connectivity index (χ3v) is 6.53. The lowest BCUT2D eigenvalue weighted by atomic mass is 9.96. The van der Waals surface area contributed by atoms with E-state index < -0.39 is 0 Å². The van der Waals surface area contributed by atoms with E-state index in [1.54, 1.807) is 7.11 Å². The second-order valence-electron chi connectivity index (χ2n) is 7.97. The topological polar surface area (TPSA) is 70.7 Å². The van der Waals surface area contributed by atoms with Crippen molar-refractivity contribution in [3.05, 3.63) is 70.4 Å². The van der Waals surface area contributed by atoms with Crippen molar-refractivity contribution >= 4 is 17.5 Å². The Hall–Kier alpha value is -2.87. The molecule has 1 amide bonds. The van der Waals surface area contributed by atoms with Gasteiger partial charge in [0.25, 0.3) is 5.91 Å². The van der Waals surface area contributed by atoms with Crippen molar-refractivity contribution in [2.45, 2.75) is 6.04 Å². The zero-order chi connectivity index (χ0) is 22.1. The predicted octanol–water partition coefficient (Wildman–Crippen LogP) is 3.62. The minimum Gasteiger partial charge on any atom is -0.497 e. The Morgan fingerprint density at radius 2 is 1.88 bits per heavy atom. The monoisotopic (exact) mass is 452 g/mol. The number of fused-ring (bicyclic) bond motifs is 1. The van der Waals surface area contributed by atoms with E-state index >= 15 is 0 Å². The fourth-order valence-corrected chi connectivity index (χ4v) is 4.73. The summed E-state index contributed by atoms with van der Waals surface area (Å²) in [6.45, 7) is 4.59. The fraction of sp³-hybridized carbons (Fsp3) is 0.333. The van der Waals surface area contributed by atoms with Crippen LogP contribution in [0.25, 0.3) is 11.3 Å². The number of amides is 1. The van der Waals surface area contributed by atoms with E-state index in [1.165, 1.54) is 0 Å². The largest absolute Gasteiger partial charge is 0.497 e. The second kappa shape index (κ2) is 8.94. The Balaban J connectivity index is 1.54. The van der Waals surface area contributed by atoms with Crippen LogP contribution in [0.5, 0.6) is 5.75 Å². The molecule has 0 bridgehead atoms. The molecule has 0 saturated carbocycles. The fourth-order valence-electron chi connectivity index (χ4n) is 4.49. The lowest BCUT2D eigenvalue weighted by Gasteiger charge is -2.31. The average Bonchev–Trinajstić information content (AvgIpc) is 3.38. The van der Waals surface area contributed by atoms with Gasteiger partial charge in [0.05, 0.1) is 32.1 Å². The van der Waals surface area contributed by atoms with Crippen LogP contribution in [0.1, 0.15) is 27.7 Å².